The van der Waals surface area contributed by atoms with Crippen LogP contribution in [0, 0.1) is 12.7 Å². The van der Waals surface area contributed by atoms with Crippen LogP contribution in [0.25, 0.3) is 10.2 Å². The lowest BCUT2D eigenvalue weighted by Gasteiger charge is -2.02. The lowest BCUT2D eigenvalue weighted by molar-refractivity contribution is 0.0989. The highest BCUT2D eigenvalue weighted by Gasteiger charge is 2.15. The van der Waals surface area contributed by atoms with Gasteiger partial charge < -0.3 is 0 Å². The molecule has 0 unspecified atom stereocenters. The zero-order valence-electron chi connectivity index (χ0n) is 10.9. The molecule has 20 heavy (non-hydrogen) atoms. The second-order valence-electron chi connectivity index (χ2n) is 4.66. The Balaban J connectivity index is 1.90. The average molecular weight is 285 g/mol. The minimum Gasteiger partial charge on any atom is -0.294 e. The van der Waals surface area contributed by atoms with Crippen LogP contribution in [0.3, 0.4) is 0 Å². The van der Waals surface area contributed by atoms with E-state index in [-0.39, 0.29) is 17.8 Å². The van der Waals surface area contributed by atoms with E-state index in [0.717, 1.165) is 20.8 Å². The molecule has 0 aliphatic carbocycles. The summed E-state index contributed by atoms with van der Waals surface area (Å²) in [5, 5.41) is 0.720. The van der Waals surface area contributed by atoms with Crippen LogP contribution in [-0.4, -0.2) is 10.8 Å². The Morgan fingerprint density at radius 1 is 1.25 bits per heavy atom. The average Bonchev–Trinajstić information content (AvgIpc) is 2.83. The molecule has 0 aliphatic heterocycles. The highest BCUT2D eigenvalue weighted by atomic mass is 32.1. The number of rotatable bonds is 3. The van der Waals surface area contributed by atoms with Crippen LogP contribution in [0.15, 0.2) is 42.5 Å². The lowest BCUT2D eigenvalue weighted by Crippen LogP contribution is -2.06. The molecule has 0 fully saturated rings. The van der Waals surface area contributed by atoms with Crippen molar-refractivity contribution in [3.05, 3.63) is 64.4 Å². The van der Waals surface area contributed by atoms with Gasteiger partial charge in [-0.25, -0.2) is 9.37 Å². The molecule has 0 aliphatic rings. The first-order chi connectivity index (χ1) is 9.63. The molecular weight excluding hydrogens is 273 g/mol. The number of aromatic nitrogens is 1. The fourth-order valence-corrected chi connectivity index (χ4v) is 3.05. The molecule has 0 bridgehead atoms. The van der Waals surface area contributed by atoms with Crippen LogP contribution in [0.2, 0.25) is 0 Å². The van der Waals surface area contributed by atoms with Crippen molar-refractivity contribution >= 4 is 27.3 Å². The van der Waals surface area contributed by atoms with Gasteiger partial charge in [0, 0.05) is 0 Å². The van der Waals surface area contributed by atoms with Crippen LogP contribution in [0.5, 0.6) is 0 Å². The van der Waals surface area contributed by atoms with Crippen LogP contribution >= 0.6 is 11.3 Å². The number of Topliss-reactive ketones (excluding diaryl/α,β-unsaturated/α-hetero) is 1. The van der Waals surface area contributed by atoms with Gasteiger partial charge in [0.15, 0.2) is 5.78 Å². The van der Waals surface area contributed by atoms with E-state index in [2.05, 4.69) is 4.98 Å². The van der Waals surface area contributed by atoms with E-state index in [1.54, 1.807) is 12.1 Å². The summed E-state index contributed by atoms with van der Waals surface area (Å²) in [6.07, 6.45) is 0.139. The maximum absolute atomic E-state index is 13.7. The number of hydrogen-bond donors (Lipinski definition) is 0. The van der Waals surface area contributed by atoms with E-state index < -0.39 is 5.82 Å². The van der Waals surface area contributed by atoms with Crippen molar-refractivity contribution in [3.63, 3.8) is 0 Å². The van der Waals surface area contributed by atoms with Crippen molar-refractivity contribution in [2.45, 2.75) is 13.3 Å². The third kappa shape index (κ3) is 2.47. The van der Waals surface area contributed by atoms with Crippen LogP contribution in [0.1, 0.15) is 20.9 Å². The van der Waals surface area contributed by atoms with Gasteiger partial charge in [0.25, 0.3) is 0 Å². The molecule has 100 valence electrons. The molecule has 2 aromatic carbocycles. The van der Waals surface area contributed by atoms with E-state index in [4.69, 9.17) is 0 Å². The SMILES string of the molecule is Cc1ccc(F)c(C(=O)Cc2nc3ccccc3s2)c1. The smallest absolute Gasteiger partial charge is 0.172 e. The van der Waals surface area contributed by atoms with Crippen molar-refractivity contribution < 1.29 is 9.18 Å². The molecule has 4 heteroatoms. The Kier molecular flexibility index (Phi) is 3.32. The number of aryl methyl sites for hydroxylation is 1. The quantitative estimate of drug-likeness (QED) is 0.676. The third-order valence-electron chi connectivity index (χ3n) is 3.07. The highest BCUT2D eigenvalue weighted by molar-refractivity contribution is 7.18. The third-order valence-corrected chi connectivity index (χ3v) is 4.11. The molecule has 3 rings (SSSR count). The van der Waals surface area contributed by atoms with E-state index in [1.807, 2.05) is 31.2 Å². The van der Waals surface area contributed by atoms with Crippen molar-refractivity contribution in [1.29, 1.82) is 0 Å². The second-order valence-corrected chi connectivity index (χ2v) is 5.77. The Morgan fingerprint density at radius 3 is 2.85 bits per heavy atom. The molecule has 2 nitrogen and oxygen atoms in total. The topological polar surface area (TPSA) is 30.0 Å². The van der Waals surface area contributed by atoms with Crippen LogP contribution in [0.4, 0.5) is 4.39 Å². The molecule has 0 atom stereocenters. The van der Waals surface area contributed by atoms with Gasteiger partial charge in [0.2, 0.25) is 0 Å². The number of fused-ring (bicyclic) bond motifs is 1. The maximum atomic E-state index is 13.7. The van der Waals surface area contributed by atoms with Gasteiger partial charge in [-0.05, 0) is 31.2 Å². The van der Waals surface area contributed by atoms with Crippen molar-refractivity contribution in [1.82, 2.24) is 4.98 Å². The van der Waals surface area contributed by atoms with Gasteiger partial charge in [-0.1, -0.05) is 23.8 Å². The number of halogens is 1. The van der Waals surface area contributed by atoms with Crippen LogP contribution in [-0.2, 0) is 6.42 Å². The first-order valence-electron chi connectivity index (χ1n) is 6.27. The standard InChI is InChI=1S/C16H12FNOS/c1-10-6-7-12(17)11(8-10)14(19)9-16-18-13-4-2-3-5-15(13)20-16/h2-8H,9H2,1H3. The number of carbonyl (C=O) groups excluding carboxylic acids is 1. The van der Waals surface area contributed by atoms with Gasteiger partial charge in [-0.3, -0.25) is 4.79 Å². The minimum atomic E-state index is -0.471. The summed E-state index contributed by atoms with van der Waals surface area (Å²) in [5.41, 5.74) is 1.90. The zero-order valence-corrected chi connectivity index (χ0v) is 11.7. The molecule has 0 saturated carbocycles. The maximum Gasteiger partial charge on any atom is 0.172 e. The number of para-hydroxylation sites is 1. The summed E-state index contributed by atoms with van der Waals surface area (Å²) < 4.78 is 14.7. The number of hydrogen-bond acceptors (Lipinski definition) is 3. The summed E-state index contributed by atoms with van der Waals surface area (Å²) in [4.78, 5) is 16.6. The Hall–Kier alpha value is -2.07. The second kappa shape index (κ2) is 5.13. The molecule has 0 amide bonds. The summed E-state index contributed by atoms with van der Waals surface area (Å²) in [7, 11) is 0. The van der Waals surface area contributed by atoms with Crippen molar-refractivity contribution in [2.75, 3.05) is 0 Å². The predicted octanol–water partition coefficient (Wildman–Crippen LogP) is 4.17. The summed E-state index contributed by atoms with van der Waals surface area (Å²) >= 11 is 1.48. The highest BCUT2D eigenvalue weighted by Crippen LogP contribution is 2.23. The molecule has 0 saturated heterocycles. The van der Waals surface area contributed by atoms with Gasteiger partial charge >= 0.3 is 0 Å². The van der Waals surface area contributed by atoms with Gasteiger partial charge in [-0.2, -0.15) is 0 Å². The Bertz CT molecular complexity index is 761. The largest absolute Gasteiger partial charge is 0.294 e. The minimum absolute atomic E-state index is 0.139. The van der Waals surface area contributed by atoms with Crippen LogP contribution < -0.4 is 0 Å². The molecular formula is C16H12FNOS. The summed E-state index contributed by atoms with van der Waals surface area (Å²) in [5.74, 6) is -0.702. The normalized spacial score (nSPS) is 10.9. The van der Waals surface area contributed by atoms with Gasteiger partial charge in [0.05, 0.1) is 22.2 Å². The monoisotopic (exact) mass is 285 g/mol. The molecule has 1 aromatic heterocycles. The van der Waals surface area contributed by atoms with Gasteiger partial charge in [0.1, 0.15) is 10.8 Å². The number of thiazole rings is 1. The first kappa shape index (κ1) is 12.9. The fourth-order valence-electron chi connectivity index (χ4n) is 2.08. The zero-order chi connectivity index (χ0) is 14.1. The lowest BCUT2D eigenvalue weighted by atomic mass is 10.1. The summed E-state index contributed by atoms with van der Waals surface area (Å²) in [6.45, 7) is 1.84. The number of nitrogens with zero attached hydrogens (tertiary/aromatic N) is 1. The number of benzene rings is 2. The van der Waals surface area contributed by atoms with E-state index in [0.29, 0.717) is 0 Å². The molecule has 3 aromatic rings. The van der Waals surface area contributed by atoms with E-state index in [1.165, 1.54) is 17.4 Å². The molecule has 1 heterocycles. The predicted molar refractivity (Wildman–Crippen MR) is 78.8 cm³/mol. The van der Waals surface area contributed by atoms with Crippen molar-refractivity contribution in [3.8, 4) is 0 Å². The molecule has 0 spiro atoms. The Labute approximate surface area is 119 Å². The Morgan fingerprint density at radius 2 is 2.05 bits per heavy atom. The fraction of sp³-hybridized carbons (Fsp3) is 0.125. The van der Waals surface area contributed by atoms with Gasteiger partial charge in [-0.15, -0.1) is 11.3 Å². The first-order valence-corrected chi connectivity index (χ1v) is 7.09. The molecule has 0 N–H and O–H groups in total. The van der Waals surface area contributed by atoms with E-state index in [9.17, 15) is 9.18 Å². The number of carbonyl (C=O) groups is 1. The van der Waals surface area contributed by atoms with E-state index >= 15 is 0 Å². The summed E-state index contributed by atoms with van der Waals surface area (Å²) in [6, 6.07) is 12.3. The number of ketones is 1. The van der Waals surface area contributed by atoms with Crippen molar-refractivity contribution in [2.24, 2.45) is 0 Å². The molecule has 0 radical (unpaired) electrons.